The van der Waals surface area contributed by atoms with E-state index in [0.717, 1.165) is 48.0 Å². The van der Waals surface area contributed by atoms with Gasteiger partial charge in [-0.25, -0.2) is 4.98 Å². The molecule has 0 aliphatic heterocycles. The van der Waals surface area contributed by atoms with Crippen molar-refractivity contribution in [2.24, 2.45) is 13.0 Å². The normalized spacial score (nSPS) is 14.3. The molecular weight excluding hydrogens is 548 g/mol. The molecule has 218 valence electrons. The first-order valence-electron chi connectivity index (χ1n) is 13.3. The Morgan fingerprint density at radius 1 is 0.902 bits per heavy atom. The third kappa shape index (κ3) is 6.54. The second-order valence-electron chi connectivity index (χ2n) is 10.3. The lowest BCUT2D eigenvalue weighted by molar-refractivity contribution is -0.143. The standard InChI is InChI=1S/C28H29F6N7/c1-3-40(15-18-7-6-8-18)25-21(13-20-9-4-5-10-24(20)35-25)17-41(26-36-38-39(2)37-26)16-19-11-22(27(29,30)31)14-23(12-19)28(32,33)34/h4-5,9-14,18H,3,6-8,15-17H2,1-2H3. The van der Waals surface area contributed by atoms with E-state index < -0.39 is 23.5 Å². The summed E-state index contributed by atoms with van der Waals surface area (Å²) in [6.07, 6.45) is -6.46. The summed E-state index contributed by atoms with van der Waals surface area (Å²) in [7, 11) is 1.53. The number of nitrogens with zero attached hydrogens (tertiary/aromatic N) is 7. The monoisotopic (exact) mass is 577 g/mol. The van der Waals surface area contributed by atoms with Crippen molar-refractivity contribution in [3.8, 4) is 0 Å². The summed E-state index contributed by atoms with van der Waals surface area (Å²) < 4.78 is 81.5. The van der Waals surface area contributed by atoms with Crippen LogP contribution in [0, 0.1) is 5.92 Å². The van der Waals surface area contributed by atoms with Crippen LogP contribution in [0.25, 0.3) is 10.9 Å². The van der Waals surface area contributed by atoms with E-state index in [1.165, 1.54) is 23.2 Å². The summed E-state index contributed by atoms with van der Waals surface area (Å²) in [4.78, 5) is 9.84. The molecule has 41 heavy (non-hydrogen) atoms. The van der Waals surface area contributed by atoms with Gasteiger partial charge in [0.15, 0.2) is 0 Å². The Kier molecular flexibility index (Phi) is 7.80. The maximum absolute atomic E-state index is 13.6. The predicted molar refractivity (Wildman–Crippen MR) is 142 cm³/mol. The van der Waals surface area contributed by atoms with Crippen LogP contribution in [0.1, 0.15) is 48.4 Å². The zero-order valence-corrected chi connectivity index (χ0v) is 22.5. The van der Waals surface area contributed by atoms with Gasteiger partial charge in [0, 0.05) is 37.1 Å². The van der Waals surface area contributed by atoms with Crippen LogP contribution in [-0.2, 0) is 32.5 Å². The third-order valence-corrected chi connectivity index (χ3v) is 7.33. The van der Waals surface area contributed by atoms with Gasteiger partial charge >= 0.3 is 12.4 Å². The highest BCUT2D eigenvalue weighted by atomic mass is 19.4. The second-order valence-corrected chi connectivity index (χ2v) is 10.3. The van der Waals surface area contributed by atoms with Gasteiger partial charge < -0.3 is 9.80 Å². The molecule has 0 saturated heterocycles. The zero-order chi connectivity index (χ0) is 29.4. The number of hydrogen-bond acceptors (Lipinski definition) is 6. The fourth-order valence-corrected chi connectivity index (χ4v) is 5.03. The quantitative estimate of drug-likeness (QED) is 0.208. The second kappa shape index (κ2) is 11.2. The number of hydrogen-bond donors (Lipinski definition) is 0. The van der Waals surface area contributed by atoms with E-state index in [4.69, 9.17) is 4.98 Å². The van der Waals surface area contributed by atoms with Gasteiger partial charge in [0.2, 0.25) is 0 Å². The Labute approximate surface area is 232 Å². The number of para-hydroxylation sites is 1. The van der Waals surface area contributed by atoms with Gasteiger partial charge in [-0.15, -0.1) is 5.10 Å². The predicted octanol–water partition coefficient (Wildman–Crippen LogP) is 6.63. The average Bonchev–Trinajstić information content (AvgIpc) is 3.32. The van der Waals surface area contributed by atoms with Crippen molar-refractivity contribution in [1.29, 1.82) is 0 Å². The fraction of sp³-hybridized carbons (Fsp3) is 0.429. The largest absolute Gasteiger partial charge is 0.416 e. The summed E-state index contributed by atoms with van der Waals surface area (Å²) in [5.41, 5.74) is -1.40. The molecule has 2 aromatic heterocycles. The molecule has 0 N–H and O–H groups in total. The van der Waals surface area contributed by atoms with Crippen molar-refractivity contribution in [3.05, 3.63) is 70.8 Å². The van der Waals surface area contributed by atoms with Gasteiger partial charge in [0.05, 0.1) is 23.7 Å². The molecule has 0 unspecified atom stereocenters. The van der Waals surface area contributed by atoms with Gasteiger partial charge in [0.25, 0.3) is 5.95 Å². The number of alkyl halides is 6. The van der Waals surface area contributed by atoms with E-state index in [1.54, 1.807) is 0 Å². The van der Waals surface area contributed by atoms with Crippen LogP contribution < -0.4 is 9.80 Å². The lowest BCUT2D eigenvalue weighted by atomic mass is 9.85. The lowest BCUT2D eigenvalue weighted by Gasteiger charge is -2.34. The number of benzene rings is 2. The molecule has 0 radical (unpaired) electrons. The molecular formula is C28H29F6N7. The molecule has 2 heterocycles. The first-order chi connectivity index (χ1) is 19.4. The number of rotatable bonds is 9. The molecule has 0 amide bonds. The van der Waals surface area contributed by atoms with Crippen molar-refractivity contribution in [1.82, 2.24) is 25.2 Å². The van der Waals surface area contributed by atoms with Gasteiger partial charge in [0.1, 0.15) is 5.82 Å². The van der Waals surface area contributed by atoms with Gasteiger partial charge in [-0.05, 0) is 66.8 Å². The van der Waals surface area contributed by atoms with Crippen LogP contribution in [-0.4, -0.2) is 38.3 Å². The number of pyridine rings is 1. The molecule has 5 rings (SSSR count). The minimum Gasteiger partial charge on any atom is -0.356 e. The minimum absolute atomic E-state index is 0.0691. The van der Waals surface area contributed by atoms with E-state index in [-0.39, 0.29) is 30.7 Å². The number of fused-ring (bicyclic) bond motifs is 1. The Balaban J connectivity index is 1.58. The molecule has 13 heteroatoms. The van der Waals surface area contributed by atoms with Crippen LogP contribution in [0.2, 0.25) is 0 Å². The minimum atomic E-state index is -4.95. The van der Waals surface area contributed by atoms with Crippen LogP contribution >= 0.6 is 0 Å². The van der Waals surface area contributed by atoms with Crippen molar-refractivity contribution in [2.75, 3.05) is 22.9 Å². The van der Waals surface area contributed by atoms with Crippen molar-refractivity contribution >= 4 is 22.7 Å². The summed E-state index contributed by atoms with van der Waals surface area (Å²) in [5.74, 6) is 1.33. The number of halogens is 6. The molecule has 1 aliphatic rings. The van der Waals surface area contributed by atoms with Crippen LogP contribution in [0.5, 0.6) is 0 Å². The molecule has 7 nitrogen and oxygen atoms in total. The lowest BCUT2D eigenvalue weighted by Crippen LogP contribution is -2.34. The van der Waals surface area contributed by atoms with Gasteiger partial charge in [-0.1, -0.05) is 29.7 Å². The SMILES string of the molecule is CCN(CC1CCC1)c1nc2ccccc2cc1CN(Cc1cc(C(F)(F)F)cc(C(F)(F)F)c1)c1nnn(C)n1. The van der Waals surface area contributed by atoms with E-state index in [2.05, 4.69) is 20.3 Å². The van der Waals surface area contributed by atoms with E-state index >= 15 is 0 Å². The Hall–Kier alpha value is -3.90. The molecule has 0 bridgehead atoms. The average molecular weight is 578 g/mol. The topological polar surface area (TPSA) is 63.0 Å². The molecule has 1 aliphatic carbocycles. The maximum Gasteiger partial charge on any atom is 0.416 e. The summed E-state index contributed by atoms with van der Waals surface area (Å²) in [5, 5.41) is 12.9. The molecule has 4 aromatic rings. The van der Waals surface area contributed by atoms with Gasteiger partial charge in [-0.3, -0.25) is 0 Å². The molecule has 2 aromatic carbocycles. The number of tetrazole rings is 1. The molecule has 0 atom stereocenters. The maximum atomic E-state index is 13.6. The first-order valence-corrected chi connectivity index (χ1v) is 13.3. The van der Waals surface area contributed by atoms with Crippen molar-refractivity contribution in [3.63, 3.8) is 0 Å². The summed E-state index contributed by atoms with van der Waals surface area (Å²) in [6.45, 7) is 3.28. The summed E-state index contributed by atoms with van der Waals surface area (Å²) in [6, 6.07) is 11.1. The van der Waals surface area contributed by atoms with E-state index in [9.17, 15) is 26.3 Å². The van der Waals surface area contributed by atoms with Crippen LogP contribution in [0.3, 0.4) is 0 Å². The van der Waals surface area contributed by atoms with Crippen LogP contribution in [0.15, 0.2) is 48.5 Å². The Morgan fingerprint density at radius 2 is 1.59 bits per heavy atom. The summed E-state index contributed by atoms with van der Waals surface area (Å²) >= 11 is 0. The first kappa shape index (κ1) is 28.6. The number of aryl methyl sites for hydroxylation is 1. The Morgan fingerprint density at radius 3 is 2.15 bits per heavy atom. The third-order valence-electron chi connectivity index (χ3n) is 7.33. The van der Waals surface area contributed by atoms with Crippen molar-refractivity contribution < 1.29 is 26.3 Å². The molecule has 1 saturated carbocycles. The van der Waals surface area contributed by atoms with E-state index in [1.807, 2.05) is 37.3 Å². The highest BCUT2D eigenvalue weighted by Crippen LogP contribution is 2.37. The van der Waals surface area contributed by atoms with Gasteiger partial charge in [-0.2, -0.15) is 31.1 Å². The fourth-order valence-electron chi connectivity index (χ4n) is 5.03. The highest BCUT2D eigenvalue weighted by Gasteiger charge is 2.37. The molecule has 1 fully saturated rings. The number of aromatic nitrogens is 5. The Bertz CT molecular complexity index is 1480. The zero-order valence-electron chi connectivity index (χ0n) is 22.5. The number of anilines is 2. The van der Waals surface area contributed by atoms with Crippen molar-refractivity contribution in [2.45, 2.75) is 51.6 Å². The van der Waals surface area contributed by atoms with E-state index in [0.29, 0.717) is 18.3 Å². The van der Waals surface area contributed by atoms with Crippen LogP contribution in [0.4, 0.5) is 38.1 Å². The molecule has 0 spiro atoms. The highest BCUT2D eigenvalue weighted by molar-refractivity contribution is 5.82. The smallest absolute Gasteiger partial charge is 0.356 e.